The number of rotatable bonds is 5. The molecule has 140 valence electrons. The Morgan fingerprint density at radius 1 is 1.36 bits per heavy atom. The fourth-order valence-electron chi connectivity index (χ4n) is 3.59. The second-order valence-corrected chi connectivity index (χ2v) is 6.78. The van der Waals surface area contributed by atoms with Crippen LogP contribution < -0.4 is 5.32 Å². The first-order chi connectivity index (χ1) is 11.8. The molecule has 2 atom stereocenters. The van der Waals surface area contributed by atoms with Gasteiger partial charge in [0.2, 0.25) is 0 Å². The molecule has 2 unspecified atom stereocenters. The zero-order chi connectivity index (χ0) is 16.8. The first-order valence-corrected chi connectivity index (χ1v) is 9.15. The molecule has 3 rings (SSSR count). The maximum atomic E-state index is 6.02. The topological polar surface area (TPSA) is 40.1 Å². The number of hydrogen-bond donors (Lipinski definition) is 1. The number of morpholine rings is 1. The lowest BCUT2D eigenvalue weighted by atomic mass is 10.2. The maximum Gasteiger partial charge on any atom is 0.194 e. The van der Waals surface area contributed by atoms with Crippen molar-refractivity contribution < 1.29 is 4.74 Å². The Morgan fingerprint density at radius 3 is 2.92 bits per heavy atom. The van der Waals surface area contributed by atoms with Crippen molar-refractivity contribution in [2.75, 3.05) is 39.8 Å². The van der Waals surface area contributed by atoms with Gasteiger partial charge in [-0.25, -0.2) is 0 Å². The van der Waals surface area contributed by atoms with Crippen molar-refractivity contribution in [3.05, 3.63) is 35.9 Å². The quantitative estimate of drug-likeness (QED) is 0.419. The summed E-state index contributed by atoms with van der Waals surface area (Å²) in [7, 11) is 2.09. The first kappa shape index (κ1) is 20.5. The molecule has 2 aliphatic rings. The molecule has 1 aromatic carbocycles. The Balaban J connectivity index is 0.00000225. The van der Waals surface area contributed by atoms with Gasteiger partial charge in [0.1, 0.15) is 0 Å². The number of guanidine groups is 1. The Labute approximate surface area is 168 Å². The summed E-state index contributed by atoms with van der Waals surface area (Å²) in [6.07, 6.45) is 2.82. The first-order valence-electron chi connectivity index (χ1n) is 9.15. The molecule has 0 aromatic heterocycles. The number of nitrogens with one attached hydrogen (secondary N) is 1. The third kappa shape index (κ3) is 5.82. The Morgan fingerprint density at radius 2 is 2.16 bits per heavy atom. The van der Waals surface area contributed by atoms with Crippen LogP contribution in [0.3, 0.4) is 0 Å². The molecule has 0 aliphatic carbocycles. The summed E-state index contributed by atoms with van der Waals surface area (Å²) < 4.78 is 6.02. The number of aliphatic imine (C=N–C) groups is 1. The van der Waals surface area contributed by atoms with Gasteiger partial charge in [0.05, 0.1) is 19.3 Å². The van der Waals surface area contributed by atoms with Crippen LogP contribution in [-0.4, -0.2) is 67.7 Å². The minimum Gasteiger partial charge on any atom is -0.373 e. The molecule has 0 saturated carbocycles. The van der Waals surface area contributed by atoms with Crippen molar-refractivity contribution in [2.24, 2.45) is 4.99 Å². The summed E-state index contributed by atoms with van der Waals surface area (Å²) in [6.45, 7) is 7.68. The van der Waals surface area contributed by atoms with Gasteiger partial charge in [0, 0.05) is 32.7 Å². The molecular formula is C19H31IN4O. The fraction of sp³-hybridized carbons (Fsp3) is 0.632. The SMILES string of the molecule is CCNC(=NCC1CN2CCCC2CO1)N(C)Cc1ccccc1.I. The molecular weight excluding hydrogens is 427 g/mol. The highest BCUT2D eigenvalue weighted by atomic mass is 127. The van der Waals surface area contributed by atoms with E-state index in [0.29, 0.717) is 6.04 Å². The zero-order valence-electron chi connectivity index (χ0n) is 15.4. The fourth-order valence-corrected chi connectivity index (χ4v) is 3.59. The van der Waals surface area contributed by atoms with Gasteiger partial charge >= 0.3 is 0 Å². The molecule has 0 amide bonds. The number of benzene rings is 1. The van der Waals surface area contributed by atoms with E-state index in [0.717, 1.165) is 38.7 Å². The molecule has 2 saturated heterocycles. The van der Waals surface area contributed by atoms with Crippen molar-refractivity contribution in [1.29, 1.82) is 0 Å². The summed E-state index contributed by atoms with van der Waals surface area (Å²) in [5, 5.41) is 3.40. The number of hydrogen-bond acceptors (Lipinski definition) is 3. The molecule has 0 bridgehead atoms. The largest absolute Gasteiger partial charge is 0.373 e. The maximum absolute atomic E-state index is 6.02. The van der Waals surface area contributed by atoms with E-state index in [1.54, 1.807) is 0 Å². The second kappa shape index (κ2) is 10.3. The minimum atomic E-state index is 0. The number of ether oxygens (including phenoxy) is 1. The molecule has 0 radical (unpaired) electrons. The van der Waals surface area contributed by atoms with Gasteiger partial charge in [0.25, 0.3) is 0 Å². The van der Waals surface area contributed by atoms with Crippen LogP contribution in [0.1, 0.15) is 25.3 Å². The predicted molar refractivity (Wildman–Crippen MR) is 114 cm³/mol. The highest BCUT2D eigenvalue weighted by Crippen LogP contribution is 2.22. The lowest BCUT2D eigenvalue weighted by molar-refractivity contribution is -0.0432. The van der Waals surface area contributed by atoms with Gasteiger partial charge in [0.15, 0.2) is 5.96 Å². The van der Waals surface area contributed by atoms with Crippen LogP contribution in [0.25, 0.3) is 0 Å². The van der Waals surface area contributed by atoms with Crippen LogP contribution in [0, 0.1) is 0 Å². The van der Waals surface area contributed by atoms with Gasteiger partial charge in [-0.3, -0.25) is 9.89 Å². The molecule has 2 aliphatic heterocycles. The van der Waals surface area contributed by atoms with Crippen LogP contribution in [0.2, 0.25) is 0 Å². The molecule has 6 heteroatoms. The van der Waals surface area contributed by atoms with E-state index in [2.05, 4.69) is 59.4 Å². The number of halogens is 1. The predicted octanol–water partition coefficient (Wildman–Crippen LogP) is 2.57. The summed E-state index contributed by atoms with van der Waals surface area (Å²) in [5.74, 6) is 0.952. The van der Waals surface area contributed by atoms with Crippen LogP contribution in [0.5, 0.6) is 0 Å². The van der Waals surface area contributed by atoms with Crippen LogP contribution >= 0.6 is 24.0 Å². The summed E-state index contributed by atoms with van der Waals surface area (Å²) in [4.78, 5) is 9.58. The summed E-state index contributed by atoms with van der Waals surface area (Å²) >= 11 is 0. The molecule has 2 heterocycles. The highest BCUT2D eigenvalue weighted by Gasteiger charge is 2.32. The zero-order valence-corrected chi connectivity index (χ0v) is 17.7. The van der Waals surface area contributed by atoms with Gasteiger partial charge in [-0.1, -0.05) is 30.3 Å². The lowest BCUT2D eigenvalue weighted by Gasteiger charge is -2.34. The van der Waals surface area contributed by atoms with E-state index in [-0.39, 0.29) is 30.1 Å². The van der Waals surface area contributed by atoms with E-state index in [1.165, 1.54) is 24.9 Å². The molecule has 1 aromatic rings. The van der Waals surface area contributed by atoms with E-state index in [9.17, 15) is 0 Å². The van der Waals surface area contributed by atoms with E-state index < -0.39 is 0 Å². The summed E-state index contributed by atoms with van der Waals surface area (Å²) in [5.41, 5.74) is 1.29. The smallest absolute Gasteiger partial charge is 0.194 e. The van der Waals surface area contributed by atoms with Gasteiger partial charge < -0.3 is 15.0 Å². The van der Waals surface area contributed by atoms with Gasteiger partial charge in [-0.2, -0.15) is 0 Å². The summed E-state index contributed by atoms with van der Waals surface area (Å²) in [6, 6.07) is 11.2. The third-order valence-electron chi connectivity index (χ3n) is 4.87. The molecule has 0 spiro atoms. The van der Waals surface area contributed by atoms with Gasteiger partial charge in [-0.05, 0) is 31.9 Å². The van der Waals surface area contributed by atoms with Crippen molar-refractivity contribution >= 4 is 29.9 Å². The minimum absolute atomic E-state index is 0. The van der Waals surface area contributed by atoms with Gasteiger partial charge in [-0.15, -0.1) is 24.0 Å². The molecule has 5 nitrogen and oxygen atoms in total. The Kier molecular flexibility index (Phi) is 8.45. The highest BCUT2D eigenvalue weighted by molar-refractivity contribution is 14.0. The van der Waals surface area contributed by atoms with Crippen molar-refractivity contribution in [2.45, 2.75) is 38.5 Å². The van der Waals surface area contributed by atoms with Crippen LogP contribution in [0.4, 0.5) is 0 Å². The standard InChI is InChI=1S/C19H30N4O.HI/c1-3-20-19(22(2)13-16-8-5-4-6-9-16)21-12-18-14-23-11-7-10-17(23)15-24-18;/h4-6,8-9,17-18H,3,7,10-15H2,1-2H3,(H,20,21);1H. The Bertz CT molecular complexity index is 539. The second-order valence-electron chi connectivity index (χ2n) is 6.78. The molecule has 25 heavy (non-hydrogen) atoms. The average molecular weight is 458 g/mol. The van der Waals surface area contributed by atoms with E-state index in [4.69, 9.17) is 9.73 Å². The molecule has 1 N–H and O–H groups in total. The van der Waals surface area contributed by atoms with Crippen LogP contribution in [0.15, 0.2) is 35.3 Å². The van der Waals surface area contributed by atoms with Crippen molar-refractivity contribution in [1.82, 2.24) is 15.1 Å². The number of fused-ring (bicyclic) bond motifs is 1. The Hall–Kier alpha value is -0.860. The monoisotopic (exact) mass is 458 g/mol. The lowest BCUT2D eigenvalue weighted by Crippen LogP contribution is -2.47. The van der Waals surface area contributed by atoms with Crippen molar-refractivity contribution in [3.8, 4) is 0 Å². The normalized spacial score (nSPS) is 23.7. The van der Waals surface area contributed by atoms with E-state index >= 15 is 0 Å². The van der Waals surface area contributed by atoms with Crippen LogP contribution in [-0.2, 0) is 11.3 Å². The van der Waals surface area contributed by atoms with Crippen molar-refractivity contribution in [3.63, 3.8) is 0 Å². The van der Waals surface area contributed by atoms with E-state index in [1.807, 2.05) is 0 Å². The average Bonchev–Trinajstić information content (AvgIpc) is 3.07. The third-order valence-corrected chi connectivity index (χ3v) is 4.87. The molecule has 2 fully saturated rings. The number of nitrogens with zero attached hydrogens (tertiary/aromatic N) is 3.